The third-order valence-corrected chi connectivity index (χ3v) is 11.5. The number of hydrogen-bond donors (Lipinski definition) is 2. The molecule has 4 aromatic heterocycles. The fraction of sp³-hybridized carbons (Fsp3) is 0.289. The number of carbonyl (C=O) groups excluding carboxylic acids is 1. The highest BCUT2D eigenvalue weighted by Crippen LogP contribution is 2.52. The van der Waals surface area contributed by atoms with Crippen LogP contribution in [0.1, 0.15) is 69.1 Å². The third kappa shape index (κ3) is 5.39. The molecular formula is C38H30F4N6O4S. The number of rotatable bonds is 8. The van der Waals surface area contributed by atoms with E-state index >= 15 is 8.78 Å². The van der Waals surface area contributed by atoms with Gasteiger partial charge in [0.15, 0.2) is 11.6 Å². The molecule has 3 aliphatic rings. The number of pyridine rings is 2. The number of benzene rings is 2. The quantitative estimate of drug-likeness (QED) is 0.152. The van der Waals surface area contributed by atoms with Crippen molar-refractivity contribution in [2.24, 2.45) is 0 Å². The first-order valence-corrected chi connectivity index (χ1v) is 17.9. The second-order valence-corrected chi connectivity index (χ2v) is 14.6. The average molecular weight is 743 g/mol. The third-order valence-electron chi connectivity index (χ3n) is 10.3. The van der Waals surface area contributed by atoms with Crippen molar-refractivity contribution in [2.45, 2.75) is 57.0 Å². The predicted octanol–water partition coefficient (Wildman–Crippen LogP) is 7.72. The topological polar surface area (TPSA) is 126 Å². The van der Waals surface area contributed by atoms with E-state index in [1.165, 1.54) is 36.6 Å². The summed E-state index contributed by atoms with van der Waals surface area (Å²) in [7, 11) is 1.25. The van der Waals surface area contributed by atoms with Gasteiger partial charge in [0.1, 0.15) is 17.7 Å². The maximum Gasteiger partial charge on any atom is 0.434 e. The highest BCUT2D eigenvalue weighted by Gasteiger charge is 2.50. The minimum Gasteiger partial charge on any atom is -0.493 e. The van der Waals surface area contributed by atoms with Crippen LogP contribution in [0.15, 0.2) is 57.7 Å². The SMILES string of the molecule is COc1c(F)ccc2c1CC(F)(F)[C@H]2Nc1nc(C)cc2cc(-c3c4c(nc(CCc5ccc(F)cc5)c3-c3n[nH]c(=O)o3)[C@@H]3CCCN3C4=O)sc12. The molecule has 1 aliphatic carbocycles. The summed E-state index contributed by atoms with van der Waals surface area (Å²) in [6, 6.07) is 10.5. The molecule has 10 nitrogen and oxygen atoms in total. The smallest absolute Gasteiger partial charge is 0.434 e. The second-order valence-electron chi connectivity index (χ2n) is 13.6. The molecule has 15 heteroatoms. The molecule has 1 saturated heterocycles. The van der Waals surface area contributed by atoms with Crippen molar-refractivity contribution >= 4 is 33.1 Å². The standard InChI is InChI=1S/C38H30F4N6O4S/c1-17-14-19-15-26(53-32(19)34(43-17)45-33-21-10-11-23(40)31(51-2)22(21)16-38(33,41)42)28-27(35-46-47-37(50)52-35)24(12-7-18-5-8-20(39)9-6-18)44-30-25-4-3-13-48(25)36(49)29(28)30/h5-6,8-11,14-15,25,33H,3-4,7,12-13,16H2,1-2H3,(H,43,45)(H,47,50)/t25-,33-/m0/s1. The van der Waals surface area contributed by atoms with Gasteiger partial charge in [0.05, 0.1) is 40.4 Å². The molecule has 1 amide bonds. The Kier molecular flexibility index (Phi) is 7.69. The van der Waals surface area contributed by atoms with Gasteiger partial charge in [-0.05, 0) is 79.5 Å². The maximum absolute atomic E-state index is 15.7. The molecule has 2 atom stereocenters. The number of halogens is 4. The summed E-state index contributed by atoms with van der Waals surface area (Å²) in [5, 5.41) is 10.2. The van der Waals surface area contributed by atoms with E-state index in [4.69, 9.17) is 14.1 Å². The molecule has 9 rings (SSSR count). The summed E-state index contributed by atoms with van der Waals surface area (Å²) in [5.41, 5.74) is 4.06. The second kappa shape index (κ2) is 12.3. The number of aryl methyl sites for hydroxylation is 3. The lowest BCUT2D eigenvalue weighted by Crippen LogP contribution is -2.28. The van der Waals surface area contributed by atoms with Crippen molar-refractivity contribution in [3.63, 3.8) is 0 Å². The number of hydrogen-bond acceptors (Lipinski definition) is 9. The monoisotopic (exact) mass is 742 g/mol. The highest BCUT2D eigenvalue weighted by molar-refractivity contribution is 7.23. The first-order valence-electron chi connectivity index (χ1n) is 17.1. The van der Waals surface area contributed by atoms with Crippen LogP contribution in [0, 0.1) is 18.6 Å². The molecule has 1 fully saturated rings. The van der Waals surface area contributed by atoms with Crippen molar-refractivity contribution in [3.8, 4) is 27.6 Å². The molecule has 0 saturated carbocycles. The van der Waals surface area contributed by atoms with Crippen molar-refractivity contribution in [1.29, 1.82) is 0 Å². The number of H-pyrrole nitrogens is 1. The number of ether oxygens (including phenoxy) is 1. The number of methoxy groups -OCH3 is 1. The lowest BCUT2D eigenvalue weighted by Gasteiger charge is -2.22. The van der Waals surface area contributed by atoms with E-state index in [1.807, 2.05) is 12.1 Å². The molecule has 2 aliphatic heterocycles. The number of nitrogens with one attached hydrogen (secondary N) is 2. The van der Waals surface area contributed by atoms with Crippen LogP contribution in [0.3, 0.4) is 0 Å². The van der Waals surface area contributed by atoms with E-state index in [0.29, 0.717) is 68.1 Å². The Balaban J connectivity index is 1.23. The molecular weight excluding hydrogens is 713 g/mol. The van der Waals surface area contributed by atoms with Crippen LogP contribution in [0.5, 0.6) is 5.75 Å². The van der Waals surface area contributed by atoms with E-state index in [0.717, 1.165) is 24.5 Å². The molecule has 0 radical (unpaired) electrons. The Morgan fingerprint density at radius 2 is 1.87 bits per heavy atom. The number of carbonyl (C=O) groups is 1. The van der Waals surface area contributed by atoms with Gasteiger partial charge in [-0.3, -0.25) is 9.78 Å². The van der Waals surface area contributed by atoms with Gasteiger partial charge in [-0.1, -0.05) is 18.2 Å². The van der Waals surface area contributed by atoms with Gasteiger partial charge >= 0.3 is 5.76 Å². The van der Waals surface area contributed by atoms with Crippen LogP contribution < -0.4 is 15.8 Å². The zero-order chi connectivity index (χ0) is 36.8. The van der Waals surface area contributed by atoms with Crippen LogP contribution in [0.2, 0.25) is 0 Å². The number of anilines is 1. The predicted molar refractivity (Wildman–Crippen MR) is 188 cm³/mol. The van der Waals surface area contributed by atoms with Gasteiger partial charge in [-0.2, -0.15) is 0 Å². The summed E-state index contributed by atoms with van der Waals surface area (Å²) in [6.07, 6.45) is 1.65. The van der Waals surface area contributed by atoms with Crippen LogP contribution >= 0.6 is 11.3 Å². The number of amides is 1. The Morgan fingerprint density at radius 3 is 2.62 bits per heavy atom. The van der Waals surface area contributed by atoms with Gasteiger partial charge in [0.25, 0.3) is 17.7 Å². The normalized spacial score (nSPS) is 18.5. The molecule has 6 aromatic rings. The summed E-state index contributed by atoms with van der Waals surface area (Å²) in [5.74, 6) is -5.44. The number of fused-ring (bicyclic) bond motifs is 5. The largest absolute Gasteiger partial charge is 0.493 e. The summed E-state index contributed by atoms with van der Waals surface area (Å²) in [4.78, 5) is 38.7. The van der Waals surface area contributed by atoms with Crippen LogP contribution in [0.4, 0.5) is 23.4 Å². The van der Waals surface area contributed by atoms with E-state index < -0.39 is 30.0 Å². The number of alkyl halides is 2. The zero-order valence-corrected chi connectivity index (χ0v) is 29.2. The van der Waals surface area contributed by atoms with Gasteiger partial charge in [0, 0.05) is 34.7 Å². The lowest BCUT2D eigenvalue weighted by molar-refractivity contribution is -0.00736. The van der Waals surface area contributed by atoms with E-state index in [-0.39, 0.29) is 46.4 Å². The molecule has 270 valence electrons. The number of aromatic nitrogens is 4. The van der Waals surface area contributed by atoms with E-state index in [2.05, 4.69) is 20.5 Å². The van der Waals surface area contributed by atoms with Crippen molar-refractivity contribution in [3.05, 3.63) is 110 Å². The molecule has 2 N–H and O–H groups in total. The minimum atomic E-state index is -3.30. The average Bonchev–Trinajstić information content (AvgIpc) is 3.95. The zero-order valence-electron chi connectivity index (χ0n) is 28.4. The highest BCUT2D eigenvalue weighted by atomic mass is 32.1. The summed E-state index contributed by atoms with van der Waals surface area (Å²) >= 11 is 1.24. The minimum absolute atomic E-state index is 0.0530. The summed E-state index contributed by atoms with van der Waals surface area (Å²) < 4.78 is 71.0. The number of nitrogens with zero attached hydrogens (tertiary/aromatic N) is 4. The van der Waals surface area contributed by atoms with Gasteiger partial charge in [0.2, 0.25) is 0 Å². The van der Waals surface area contributed by atoms with Crippen molar-refractivity contribution in [2.75, 3.05) is 19.0 Å². The Morgan fingerprint density at radius 1 is 1.06 bits per heavy atom. The number of aromatic amines is 1. The Labute approximate surface area is 302 Å². The van der Waals surface area contributed by atoms with Gasteiger partial charge in [-0.25, -0.2) is 32.4 Å². The van der Waals surface area contributed by atoms with E-state index in [9.17, 15) is 18.4 Å². The molecule has 0 spiro atoms. The molecule has 53 heavy (non-hydrogen) atoms. The first-order chi connectivity index (χ1) is 25.5. The molecule has 0 bridgehead atoms. The number of thiophene rings is 1. The van der Waals surface area contributed by atoms with Crippen LogP contribution in [-0.4, -0.2) is 50.5 Å². The maximum atomic E-state index is 15.7. The van der Waals surface area contributed by atoms with Gasteiger partial charge < -0.3 is 19.4 Å². The summed E-state index contributed by atoms with van der Waals surface area (Å²) in [6.45, 7) is 2.31. The Bertz CT molecular complexity index is 2530. The Hall–Kier alpha value is -5.57. The van der Waals surface area contributed by atoms with Gasteiger partial charge in [-0.15, -0.1) is 16.4 Å². The molecule has 6 heterocycles. The first kappa shape index (κ1) is 33.3. The fourth-order valence-corrected chi connectivity index (χ4v) is 9.18. The van der Waals surface area contributed by atoms with Crippen molar-refractivity contribution in [1.82, 2.24) is 25.1 Å². The molecule has 0 unspecified atom stereocenters. The van der Waals surface area contributed by atoms with E-state index in [1.54, 1.807) is 24.0 Å². The lowest BCUT2D eigenvalue weighted by atomic mass is 9.93. The van der Waals surface area contributed by atoms with Crippen LogP contribution in [0.25, 0.3) is 32.0 Å². The van der Waals surface area contributed by atoms with Crippen LogP contribution in [-0.2, 0) is 19.3 Å². The van der Waals surface area contributed by atoms with Crippen molar-refractivity contribution < 1.29 is 31.5 Å². The fourth-order valence-electron chi connectivity index (χ4n) is 8.03. The molecule has 2 aromatic carbocycles.